The van der Waals surface area contributed by atoms with Crippen molar-refractivity contribution in [3.63, 3.8) is 0 Å². The largest absolute Gasteiger partial charge is 0.479 e. The van der Waals surface area contributed by atoms with Crippen LogP contribution < -0.4 is 15.0 Å². The van der Waals surface area contributed by atoms with E-state index in [1.807, 2.05) is 0 Å². The van der Waals surface area contributed by atoms with Gasteiger partial charge >= 0.3 is 0 Å². The van der Waals surface area contributed by atoms with Gasteiger partial charge in [-0.2, -0.15) is 4.98 Å². The van der Waals surface area contributed by atoms with Crippen LogP contribution in [0.25, 0.3) is 0 Å². The van der Waals surface area contributed by atoms with Crippen molar-refractivity contribution >= 4 is 11.5 Å². The lowest BCUT2D eigenvalue weighted by Crippen LogP contribution is -2.27. The number of hydrogen-bond acceptors (Lipinski definition) is 5. The van der Waals surface area contributed by atoms with Crippen molar-refractivity contribution in [1.29, 1.82) is 0 Å². The molecule has 1 aliphatic carbocycles. The topological polar surface area (TPSA) is 50.3 Å². The van der Waals surface area contributed by atoms with Gasteiger partial charge in [0, 0.05) is 19.1 Å². The molecule has 1 N–H and O–H groups in total. The van der Waals surface area contributed by atoms with Crippen LogP contribution in [0.5, 0.6) is 5.88 Å². The molecule has 16 heavy (non-hydrogen) atoms. The van der Waals surface area contributed by atoms with Crippen LogP contribution in [0.2, 0.25) is 0 Å². The molecule has 1 aromatic rings. The van der Waals surface area contributed by atoms with Gasteiger partial charge in [0.15, 0.2) is 5.82 Å². The van der Waals surface area contributed by atoms with E-state index in [1.165, 1.54) is 12.8 Å². The summed E-state index contributed by atoms with van der Waals surface area (Å²) in [6, 6.07) is 0.679. The van der Waals surface area contributed by atoms with E-state index in [9.17, 15) is 0 Å². The first-order chi connectivity index (χ1) is 7.90. The number of ether oxygens (including phenoxy) is 1. The lowest BCUT2D eigenvalue weighted by Gasteiger charge is -2.22. The van der Waals surface area contributed by atoms with Gasteiger partial charge < -0.3 is 15.0 Å². The zero-order valence-corrected chi connectivity index (χ0v) is 9.44. The fourth-order valence-electron chi connectivity index (χ4n) is 2.20. The summed E-state index contributed by atoms with van der Waals surface area (Å²) in [5.41, 5.74) is 0.953. The van der Waals surface area contributed by atoms with Gasteiger partial charge in [-0.1, -0.05) is 0 Å². The Hall–Kier alpha value is -1.52. The maximum atomic E-state index is 5.28. The predicted octanol–water partition coefficient (Wildman–Crippen LogP) is 1.27. The van der Waals surface area contributed by atoms with Gasteiger partial charge in [0.1, 0.15) is 12.0 Å². The predicted molar refractivity (Wildman–Crippen MR) is 62.1 cm³/mol. The van der Waals surface area contributed by atoms with Crippen molar-refractivity contribution in [2.45, 2.75) is 25.3 Å². The molecule has 0 unspecified atom stereocenters. The Balaban J connectivity index is 2.03. The second-order valence-electron chi connectivity index (χ2n) is 4.29. The first kappa shape index (κ1) is 9.69. The molecule has 5 heteroatoms. The van der Waals surface area contributed by atoms with E-state index in [2.05, 4.69) is 20.2 Å². The molecule has 1 aromatic heterocycles. The van der Waals surface area contributed by atoms with Crippen LogP contribution >= 0.6 is 0 Å². The molecule has 1 fully saturated rings. The van der Waals surface area contributed by atoms with Crippen molar-refractivity contribution in [2.75, 3.05) is 30.4 Å². The van der Waals surface area contributed by atoms with Gasteiger partial charge in [-0.3, -0.25) is 0 Å². The first-order valence-electron chi connectivity index (χ1n) is 5.79. The molecule has 5 nitrogen and oxygen atoms in total. The average molecular weight is 220 g/mol. The Morgan fingerprint density at radius 3 is 3.06 bits per heavy atom. The summed E-state index contributed by atoms with van der Waals surface area (Å²) in [4.78, 5) is 10.9. The van der Waals surface area contributed by atoms with Crippen molar-refractivity contribution in [1.82, 2.24) is 9.97 Å². The summed E-state index contributed by atoms with van der Waals surface area (Å²) in [5.74, 6) is 1.66. The molecule has 1 aliphatic heterocycles. The summed E-state index contributed by atoms with van der Waals surface area (Å²) in [7, 11) is 1.65. The van der Waals surface area contributed by atoms with E-state index in [0.717, 1.165) is 31.0 Å². The van der Waals surface area contributed by atoms with Gasteiger partial charge in [0.25, 0.3) is 0 Å². The van der Waals surface area contributed by atoms with Gasteiger partial charge in [-0.25, -0.2) is 4.98 Å². The van der Waals surface area contributed by atoms with Crippen LogP contribution in [0.15, 0.2) is 6.33 Å². The minimum Gasteiger partial charge on any atom is -0.479 e. The highest BCUT2D eigenvalue weighted by molar-refractivity contribution is 5.72. The number of fused-ring (bicyclic) bond motifs is 1. The van der Waals surface area contributed by atoms with E-state index >= 15 is 0 Å². The van der Waals surface area contributed by atoms with Crippen molar-refractivity contribution in [3.05, 3.63) is 6.33 Å². The van der Waals surface area contributed by atoms with Crippen molar-refractivity contribution < 1.29 is 4.74 Å². The smallest absolute Gasteiger partial charge is 0.242 e. The van der Waals surface area contributed by atoms with Crippen LogP contribution in [-0.2, 0) is 0 Å². The number of rotatable bonds is 2. The number of methoxy groups -OCH3 is 1. The highest BCUT2D eigenvalue weighted by Gasteiger charge is 2.33. The third kappa shape index (κ3) is 1.56. The van der Waals surface area contributed by atoms with E-state index in [1.54, 1.807) is 13.4 Å². The molecular formula is C11H16N4O. The number of nitrogens with one attached hydrogen (secondary N) is 1. The highest BCUT2D eigenvalue weighted by Crippen LogP contribution is 2.38. The first-order valence-corrected chi connectivity index (χ1v) is 5.79. The van der Waals surface area contributed by atoms with Crippen LogP contribution in [-0.4, -0.2) is 36.2 Å². The molecule has 0 atom stereocenters. The van der Waals surface area contributed by atoms with Crippen LogP contribution in [0.3, 0.4) is 0 Å². The van der Waals surface area contributed by atoms with Crippen molar-refractivity contribution in [3.8, 4) is 5.88 Å². The molecular weight excluding hydrogens is 204 g/mol. The molecule has 2 heterocycles. The quantitative estimate of drug-likeness (QED) is 0.813. The minimum absolute atomic E-state index is 0.651. The molecule has 0 aromatic carbocycles. The Labute approximate surface area is 94.8 Å². The fraction of sp³-hybridized carbons (Fsp3) is 0.636. The Morgan fingerprint density at radius 2 is 2.31 bits per heavy atom. The second kappa shape index (κ2) is 3.81. The summed E-state index contributed by atoms with van der Waals surface area (Å²) in [6.45, 7) is 2.03. The number of nitrogens with zero attached hydrogens (tertiary/aromatic N) is 3. The van der Waals surface area contributed by atoms with Crippen LogP contribution in [0.1, 0.15) is 19.3 Å². The van der Waals surface area contributed by atoms with Gasteiger partial charge in [-0.15, -0.1) is 0 Å². The van der Waals surface area contributed by atoms with E-state index < -0.39 is 0 Å². The SMILES string of the molecule is COc1ncnc2c1NCCCN2C1CC1. The lowest BCUT2D eigenvalue weighted by atomic mass is 10.3. The van der Waals surface area contributed by atoms with Crippen molar-refractivity contribution in [2.24, 2.45) is 0 Å². The normalized spacial score (nSPS) is 19.7. The summed E-state index contributed by atoms with van der Waals surface area (Å²) in [6.07, 6.45) is 5.29. The molecule has 0 amide bonds. The number of aromatic nitrogens is 2. The van der Waals surface area contributed by atoms with Gasteiger partial charge in [-0.05, 0) is 19.3 Å². The third-order valence-electron chi connectivity index (χ3n) is 3.12. The average Bonchev–Trinajstić information content (AvgIpc) is 3.13. The molecule has 1 saturated carbocycles. The monoisotopic (exact) mass is 220 g/mol. The Morgan fingerprint density at radius 1 is 1.44 bits per heavy atom. The molecule has 2 aliphatic rings. The summed E-state index contributed by atoms with van der Waals surface area (Å²) < 4.78 is 5.28. The molecule has 0 bridgehead atoms. The maximum Gasteiger partial charge on any atom is 0.242 e. The van der Waals surface area contributed by atoms with E-state index in [4.69, 9.17) is 4.74 Å². The Kier molecular flexibility index (Phi) is 2.31. The van der Waals surface area contributed by atoms with Crippen LogP contribution in [0.4, 0.5) is 11.5 Å². The highest BCUT2D eigenvalue weighted by atomic mass is 16.5. The molecule has 0 radical (unpaired) electrons. The molecule has 3 rings (SSSR count). The van der Waals surface area contributed by atoms with Gasteiger partial charge in [0.2, 0.25) is 5.88 Å². The zero-order valence-electron chi connectivity index (χ0n) is 9.44. The zero-order chi connectivity index (χ0) is 11.0. The number of anilines is 2. The Bertz CT molecular complexity index is 392. The second-order valence-corrected chi connectivity index (χ2v) is 4.29. The van der Waals surface area contributed by atoms with E-state index in [-0.39, 0.29) is 0 Å². The van der Waals surface area contributed by atoms with Crippen LogP contribution in [0, 0.1) is 0 Å². The number of hydrogen-bond donors (Lipinski definition) is 1. The molecule has 86 valence electrons. The van der Waals surface area contributed by atoms with Gasteiger partial charge in [0.05, 0.1) is 7.11 Å². The standard InChI is InChI=1S/C11H16N4O/c1-16-11-9-10(13-7-14-11)15(8-3-4-8)6-2-5-12-9/h7-8,12H,2-6H2,1H3. The molecule has 0 spiro atoms. The summed E-state index contributed by atoms with van der Waals surface area (Å²) >= 11 is 0. The van der Waals surface area contributed by atoms with E-state index in [0.29, 0.717) is 11.9 Å². The summed E-state index contributed by atoms with van der Waals surface area (Å²) in [5, 5.41) is 3.37. The lowest BCUT2D eigenvalue weighted by molar-refractivity contribution is 0.399. The maximum absolute atomic E-state index is 5.28. The minimum atomic E-state index is 0.651. The fourth-order valence-corrected chi connectivity index (χ4v) is 2.20. The molecule has 0 saturated heterocycles. The third-order valence-corrected chi connectivity index (χ3v) is 3.12.